The molecule has 1 amide bonds. The Labute approximate surface area is 131 Å². The van der Waals surface area contributed by atoms with Crippen LogP contribution in [0.15, 0.2) is 29.6 Å². The Hall–Kier alpha value is -1.39. The first-order valence-corrected chi connectivity index (χ1v) is 8.41. The van der Waals surface area contributed by atoms with Gasteiger partial charge in [-0.3, -0.25) is 9.69 Å². The molecule has 1 aromatic heterocycles. The molecule has 0 saturated heterocycles. The zero-order valence-corrected chi connectivity index (χ0v) is 13.9. The van der Waals surface area contributed by atoms with Gasteiger partial charge in [-0.15, -0.1) is 11.3 Å². The molecule has 0 aliphatic rings. The highest BCUT2D eigenvalue weighted by Crippen LogP contribution is 2.26. The second-order valence-electron chi connectivity index (χ2n) is 5.69. The first-order valence-electron chi connectivity index (χ1n) is 7.53. The second kappa shape index (κ2) is 7.57. The molecule has 1 aromatic carbocycles. The van der Waals surface area contributed by atoms with Crippen molar-refractivity contribution in [3.8, 4) is 0 Å². The molecule has 0 fully saturated rings. The molecule has 21 heavy (non-hydrogen) atoms. The van der Waals surface area contributed by atoms with E-state index >= 15 is 0 Å². The van der Waals surface area contributed by atoms with Gasteiger partial charge < -0.3 is 5.32 Å². The van der Waals surface area contributed by atoms with Gasteiger partial charge in [0.05, 0.1) is 6.54 Å². The minimum atomic E-state index is 0.109. The fourth-order valence-corrected chi connectivity index (χ4v) is 3.53. The maximum Gasteiger partial charge on any atom is 0.234 e. The van der Waals surface area contributed by atoms with Gasteiger partial charge >= 0.3 is 0 Å². The molecule has 1 atom stereocenters. The summed E-state index contributed by atoms with van der Waals surface area (Å²) in [7, 11) is 2.00. The summed E-state index contributed by atoms with van der Waals surface area (Å²) in [6.45, 7) is 5.45. The first-order chi connectivity index (χ1) is 10.1. The van der Waals surface area contributed by atoms with E-state index in [1.165, 1.54) is 15.6 Å². The maximum absolute atomic E-state index is 12.0. The summed E-state index contributed by atoms with van der Waals surface area (Å²) in [6, 6.07) is 8.69. The number of hydrogen-bond donors (Lipinski definition) is 1. The number of carbonyl (C=O) groups is 1. The lowest BCUT2D eigenvalue weighted by atomic mass is 10.1. The van der Waals surface area contributed by atoms with Gasteiger partial charge in [0, 0.05) is 17.3 Å². The topological polar surface area (TPSA) is 32.3 Å². The fraction of sp³-hybridized carbons (Fsp3) is 0.471. The number of benzene rings is 1. The third kappa shape index (κ3) is 4.55. The van der Waals surface area contributed by atoms with Crippen molar-refractivity contribution in [2.75, 3.05) is 13.6 Å². The Bertz CT molecular complexity index is 593. The molecule has 2 rings (SSSR count). The average molecular weight is 304 g/mol. The van der Waals surface area contributed by atoms with E-state index in [2.05, 4.69) is 53.7 Å². The third-order valence-corrected chi connectivity index (χ3v) is 4.56. The number of thiophene rings is 1. The fourth-order valence-electron chi connectivity index (χ4n) is 2.57. The molecule has 0 aliphatic carbocycles. The highest BCUT2D eigenvalue weighted by molar-refractivity contribution is 7.17. The van der Waals surface area contributed by atoms with Gasteiger partial charge in [-0.2, -0.15) is 0 Å². The van der Waals surface area contributed by atoms with Gasteiger partial charge in [-0.05, 0) is 42.8 Å². The van der Waals surface area contributed by atoms with Gasteiger partial charge in [0.2, 0.25) is 5.91 Å². The van der Waals surface area contributed by atoms with E-state index in [1.807, 2.05) is 7.05 Å². The number of hydrogen-bond acceptors (Lipinski definition) is 3. The Morgan fingerprint density at radius 2 is 2.14 bits per heavy atom. The molecule has 0 bridgehead atoms. The molecular formula is C17H24N2OS. The van der Waals surface area contributed by atoms with E-state index in [0.717, 1.165) is 19.4 Å². The summed E-state index contributed by atoms with van der Waals surface area (Å²) in [6.07, 6.45) is 2.13. The number of fused-ring (bicyclic) bond motifs is 1. The smallest absolute Gasteiger partial charge is 0.234 e. The number of carbonyl (C=O) groups excluding carboxylic acids is 1. The molecular weight excluding hydrogens is 280 g/mol. The highest BCUT2D eigenvalue weighted by Gasteiger charge is 2.11. The number of amides is 1. The zero-order valence-electron chi connectivity index (χ0n) is 13.1. The van der Waals surface area contributed by atoms with E-state index in [9.17, 15) is 4.79 Å². The predicted octanol–water partition coefficient (Wildman–Crippen LogP) is 3.64. The summed E-state index contributed by atoms with van der Waals surface area (Å²) in [5.41, 5.74) is 1.30. The number of rotatable bonds is 7. The summed E-state index contributed by atoms with van der Waals surface area (Å²) < 4.78 is 1.31. The van der Waals surface area contributed by atoms with E-state index in [4.69, 9.17) is 0 Å². The molecule has 0 aliphatic heterocycles. The van der Waals surface area contributed by atoms with Crippen LogP contribution in [0, 0.1) is 0 Å². The SMILES string of the molecule is CCC[C@@H](C)NC(=O)CN(C)Cc1csc2ccccc12. The average Bonchev–Trinajstić information content (AvgIpc) is 2.82. The lowest BCUT2D eigenvalue weighted by Crippen LogP contribution is -2.39. The van der Waals surface area contributed by atoms with Crippen LogP contribution in [0.4, 0.5) is 0 Å². The molecule has 114 valence electrons. The van der Waals surface area contributed by atoms with Crippen LogP contribution in [0.2, 0.25) is 0 Å². The van der Waals surface area contributed by atoms with Gasteiger partial charge in [-0.25, -0.2) is 0 Å². The summed E-state index contributed by atoms with van der Waals surface area (Å²) in [5, 5.41) is 6.54. The Morgan fingerprint density at radius 1 is 1.38 bits per heavy atom. The van der Waals surface area contributed by atoms with Crippen molar-refractivity contribution in [2.45, 2.75) is 39.3 Å². The van der Waals surface area contributed by atoms with Crippen molar-refractivity contribution >= 4 is 27.3 Å². The number of likely N-dealkylation sites (N-methyl/N-ethyl adjacent to an activating group) is 1. The van der Waals surface area contributed by atoms with Crippen LogP contribution in [0.1, 0.15) is 32.3 Å². The number of nitrogens with zero attached hydrogens (tertiary/aromatic N) is 1. The van der Waals surface area contributed by atoms with Crippen molar-refractivity contribution in [3.63, 3.8) is 0 Å². The van der Waals surface area contributed by atoms with Crippen LogP contribution >= 0.6 is 11.3 Å². The van der Waals surface area contributed by atoms with E-state index < -0.39 is 0 Å². The maximum atomic E-state index is 12.0. The molecule has 1 heterocycles. The van der Waals surface area contributed by atoms with Crippen molar-refractivity contribution in [2.24, 2.45) is 0 Å². The van der Waals surface area contributed by atoms with Gasteiger partial charge in [0.25, 0.3) is 0 Å². The van der Waals surface area contributed by atoms with Crippen LogP contribution in [0.3, 0.4) is 0 Å². The van der Waals surface area contributed by atoms with E-state index in [1.54, 1.807) is 11.3 Å². The van der Waals surface area contributed by atoms with Crippen LogP contribution in [-0.4, -0.2) is 30.4 Å². The zero-order chi connectivity index (χ0) is 15.2. The molecule has 2 aromatic rings. The summed E-state index contributed by atoms with van der Waals surface area (Å²) in [4.78, 5) is 14.1. The van der Waals surface area contributed by atoms with Crippen LogP contribution in [0.25, 0.3) is 10.1 Å². The Kier molecular flexibility index (Phi) is 5.76. The van der Waals surface area contributed by atoms with Crippen LogP contribution in [0.5, 0.6) is 0 Å². The van der Waals surface area contributed by atoms with Gasteiger partial charge in [0.1, 0.15) is 0 Å². The van der Waals surface area contributed by atoms with Crippen molar-refractivity contribution in [1.82, 2.24) is 10.2 Å². The monoisotopic (exact) mass is 304 g/mol. The summed E-state index contributed by atoms with van der Waals surface area (Å²) >= 11 is 1.76. The van der Waals surface area contributed by atoms with E-state index in [-0.39, 0.29) is 11.9 Å². The van der Waals surface area contributed by atoms with E-state index in [0.29, 0.717) is 6.54 Å². The van der Waals surface area contributed by atoms with Gasteiger partial charge in [-0.1, -0.05) is 31.5 Å². The molecule has 1 N–H and O–H groups in total. The molecule has 0 unspecified atom stereocenters. The minimum absolute atomic E-state index is 0.109. The predicted molar refractivity (Wildman–Crippen MR) is 90.7 cm³/mol. The lowest BCUT2D eigenvalue weighted by molar-refractivity contribution is -0.122. The van der Waals surface area contributed by atoms with Crippen molar-refractivity contribution < 1.29 is 4.79 Å². The quantitative estimate of drug-likeness (QED) is 0.847. The first kappa shape index (κ1) is 16.0. The number of nitrogens with one attached hydrogen (secondary N) is 1. The van der Waals surface area contributed by atoms with Crippen LogP contribution in [-0.2, 0) is 11.3 Å². The Morgan fingerprint density at radius 3 is 2.90 bits per heavy atom. The third-order valence-electron chi connectivity index (χ3n) is 3.54. The molecule has 0 spiro atoms. The molecule has 0 saturated carbocycles. The normalized spacial score (nSPS) is 12.8. The summed E-state index contributed by atoms with van der Waals surface area (Å²) in [5.74, 6) is 0.109. The highest BCUT2D eigenvalue weighted by atomic mass is 32.1. The lowest BCUT2D eigenvalue weighted by Gasteiger charge is -2.18. The largest absolute Gasteiger partial charge is 0.353 e. The Balaban J connectivity index is 1.89. The van der Waals surface area contributed by atoms with Gasteiger partial charge in [0.15, 0.2) is 0 Å². The van der Waals surface area contributed by atoms with Crippen molar-refractivity contribution in [3.05, 3.63) is 35.2 Å². The second-order valence-corrected chi connectivity index (χ2v) is 6.60. The minimum Gasteiger partial charge on any atom is -0.353 e. The molecule has 0 radical (unpaired) electrons. The van der Waals surface area contributed by atoms with Crippen LogP contribution < -0.4 is 5.32 Å². The molecule has 3 nitrogen and oxygen atoms in total. The standard InChI is InChI=1S/C17H24N2OS/c1-4-7-13(2)18-17(20)11-19(3)10-14-12-21-16-9-6-5-8-15(14)16/h5-6,8-9,12-13H,4,7,10-11H2,1-3H3,(H,18,20)/t13-/m1/s1. The molecule has 4 heteroatoms. The van der Waals surface area contributed by atoms with Crippen molar-refractivity contribution in [1.29, 1.82) is 0 Å².